The van der Waals surface area contributed by atoms with Gasteiger partial charge in [0.25, 0.3) is 0 Å². The molecule has 3 rings (SSSR count). The second-order valence-corrected chi connectivity index (χ2v) is 5.90. The van der Waals surface area contributed by atoms with Gasteiger partial charge in [0.15, 0.2) is 0 Å². The van der Waals surface area contributed by atoms with Gasteiger partial charge >= 0.3 is 0 Å². The molecule has 3 aromatic rings. The monoisotopic (exact) mass is 349 g/mol. The van der Waals surface area contributed by atoms with E-state index in [4.69, 9.17) is 0 Å². The molecular weight excluding hydrogens is 341 g/mol. The van der Waals surface area contributed by atoms with E-state index in [-0.39, 0.29) is 0 Å². The van der Waals surface area contributed by atoms with Gasteiger partial charge in [-0.25, -0.2) is 9.97 Å². The number of rotatable bonds is 2. The van der Waals surface area contributed by atoms with E-state index in [2.05, 4.69) is 30.9 Å². The quantitative estimate of drug-likeness (QED) is 0.640. The van der Waals surface area contributed by atoms with Crippen molar-refractivity contribution in [2.75, 3.05) is 0 Å². The lowest BCUT2D eigenvalue weighted by molar-refractivity contribution is 0.587. The highest BCUT2D eigenvalue weighted by molar-refractivity contribution is 9.10. The van der Waals surface area contributed by atoms with Crippen LogP contribution in [0.3, 0.4) is 0 Å². The first-order valence-electron chi connectivity index (χ1n) is 5.84. The third-order valence-electron chi connectivity index (χ3n) is 2.76. The summed E-state index contributed by atoms with van der Waals surface area (Å²) in [5.74, 6) is -0.505. The van der Waals surface area contributed by atoms with Gasteiger partial charge in [0.2, 0.25) is 5.95 Å². The summed E-state index contributed by atoms with van der Waals surface area (Å²) in [6.45, 7) is 1.92. The zero-order chi connectivity index (χ0) is 14.1. The molecule has 6 heteroatoms. The number of thiazole rings is 1. The Morgan fingerprint density at radius 1 is 1.25 bits per heavy atom. The smallest absolute Gasteiger partial charge is 0.222 e. The molecule has 0 aliphatic heterocycles. The molecule has 3 heterocycles. The highest BCUT2D eigenvalue weighted by Crippen LogP contribution is 2.33. The number of hydrogen-bond acceptors (Lipinski definition) is 4. The Morgan fingerprint density at radius 3 is 2.90 bits per heavy atom. The molecule has 0 aliphatic carbocycles. The number of halogens is 2. The molecule has 3 nitrogen and oxygen atoms in total. The molecule has 0 aliphatic rings. The lowest BCUT2D eigenvalue weighted by Gasteiger charge is -2.01. The molecular formula is C14H9BrFN3S. The van der Waals surface area contributed by atoms with E-state index in [9.17, 15) is 4.39 Å². The van der Waals surface area contributed by atoms with Gasteiger partial charge in [-0.3, -0.25) is 4.98 Å². The summed E-state index contributed by atoms with van der Waals surface area (Å²) in [4.78, 5) is 12.3. The van der Waals surface area contributed by atoms with Crippen molar-refractivity contribution in [1.29, 1.82) is 0 Å². The van der Waals surface area contributed by atoms with Crippen molar-refractivity contribution in [1.82, 2.24) is 15.0 Å². The first-order valence-corrected chi connectivity index (χ1v) is 7.51. The summed E-state index contributed by atoms with van der Waals surface area (Å²) < 4.78 is 14.5. The Labute approximate surface area is 127 Å². The molecule has 0 bridgehead atoms. The Hall–Kier alpha value is -1.66. The highest BCUT2D eigenvalue weighted by Gasteiger charge is 2.13. The minimum absolute atomic E-state index is 0.414. The van der Waals surface area contributed by atoms with Crippen LogP contribution < -0.4 is 0 Å². The molecule has 100 valence electrons. The normalized spacial score (nSPS) is 10.8. The van der Waals surface area contributed by atoms with Crippen LogP contribution in [-0.2, 0) is 0 Å². The Morgan fingerprint density at radius 2 is 2.10 bits per heavy atom. The second kappa shape index (κ2) is 5.38. The third-order valence-corrected chi connectivity index (χ3v) is 4.27. The molecule has 0 aromatic carbocycles. The van der Waals surface area contributed by atoms with E-state index in [1.807, 2.05) is 18.4 Å². The fourth-order valence-electron chi connectivity index (χ4n) is 1.81. The van der Waals surface area contributed by atoms with Gasteiger partial charge in [-0.1, -0.05) is 0 Å². The minimum atomic E-state index is -0.505. The largest absolute Gasteiger partial charge is 0.260 e. The maximum atomic E-state index is 13.7. The molecule has 0 radical (unpaired) electrons. The molecule has 0 amide bonds. The predicted octanol–water partition coefficient (Wildman–Crippen LogP) is 4.48. The van der Waals surface area contributed by atoms with Crippen molar-refractivity contribution in [2.45, 2.75) is 6.92 Å². The van der Waals surface area contributed by atoms with Crippen LogP contribution in [0.2, 0.25) is 0 Å². The van der Waals surface area contributed by atoms with Crippen LogP contribution in [0.4, 0.5) is 4.39 Å². The van der Waals surface area contributed by atoms with Crippen LogP contribution in [0.5, 0.6) is 0 Å². The van der Waals surface area contributed by atoms with E-state index >= 15 is 0 Å². The summed E-state index contributed by atoms with van der Waals surface area (Å²) in [5, 5.41) is 2.65. The number of aromatic nitrogens is 3. The van der Waals surface area contributed by atoms with Crippen molar-refractivity contribution in [3.8, 4) is 21.8 Å². The first kappa shape index (κ1) is 13.3. The average Bonchev–Trinajstić information content (AvgIpc) is 2.91. The molecule has 0 atom stereocenters. The fourth-order valence-corrected chi connectivity index (χ4v) is 3.19. The summed E-state index contributed by atoms with van der Waals surface area (Å²) in [5.41, 5.74) is 2.87. The standard InChI is InChI=1S/C14H9BrFN3S/c1-8-5-10(11(15)6-18-8)14-19-12(7-20-14)9-3-2-4-17-13(9)16/h2-7H,1H3. The number of aryl methyl sites for hydroxylation is 1. The molecule has 3 aromatic heterocycles. The van der Waals surface area contributed by atoms with Crippen LogP contribution in [0.1, 0.15) is 5.69 Å². The van der Waals surface area contributed by atoms with E-state index in [1.165, 1.54) is 17.5 Å². The second-order valence-electron chi connectivity index (χ2n) is 4.19. The summed E-state index contributed by atoms with van der Waals surface area (Å²) in [6, 6.07) is 5.32. The van der Waals surface area contributed by atoms with E-state index in [0.717, 1.165) is 20.7 Å². The van der Waals surface area contributed by atoms with Crippen LogP contribution in [-0.4, -0.2) is 15.0 Å². The Balaban J connectivity index is 2.07. The van der Waals surface area contributed by atoms with E-state index < -0.39 is 5.95 Å². The number of pyridine rings is 2. The molecule has 0 unspecified atom stereocenters. The summed E-state index contributed by atoms with van der Waals surface area (Å²) in [7, 11) is 0. The third kappa shape index (κ3) is 2.48. The van der Waals surface area contributed by atoms with Gasteiger partial charge in [-0.05, 0) is 41.1 Å². The van der Waals surface area contributed by atoms with Gasteiger partial charge in [-0.2, -0.15) is 4.39 Å². The van der Waals surface area contributed by atoms with Gasteiger partial charge < -0.3 is 0 Å². The van der Waals surface area contributed by atoms with Crippen LogP contribution in [0.15, 0.2) is 40.4 Å². The zero-order valence-electron chi connectivity index (χ0n) is 10.5. The van der Waals surface area contributed by atoms with Crippen LogP contribution in [0.25, 0.3) is 21.8 Å². The molecule has 0 fully saturated rings. The van der Waals surface area contributed by atoms with Crippen molar-refractivity contribution < 1.29 is 4.39 Å². The van der Waals surface area contributed by atoms with Crippen molar-refractivity contribution in [2.24, 2.45) is 0 Å². The van der Waals surface area contributed by atoms with Gasteiger partial charge in [0, 0.05) is 33.5 Å². The van der Waals surface area contributed by atoms with Crippen molar-refractivity contribution in [3.05, 3.63) is 52.1 Å². The number of nitrogens with zero attached hydrogens (tertiary/aromatic N) is 3. The predicted molar refractivity (Wildman–Crippen MR) is 81.0 cm³/mol. The zero-order valence-corrected chi connectivity index (χ0v) is 12.9. The van der Waals surface area contributed by atoms with E-state index in [1.54, 1.807) is 18.3 Å². The average molecular weight is 350 g/mol. The van der Waals surface area contributed by atoms with Gasteiger partial charge in [0.1, 0.15) is 5.01 Å². The number of hydrogen-bond donors (Lipinski definition) is 0. The lowest BCUT2D eigenvalue weighted by atomic mass is 10.2. The Bertz CT molecular complexity index is 773. The maximum absolute atomic E-state index is 13.7. The molecule has 0 saturated carbocycles. The van der Waals surface area contributed by atoms with Gasteiger partial charge in [0.05, 0.1) is 11.3 Å². The van der Waals surface area contributed by atoms with Crippen LogP contribution in [0, 0.1) is 12.9 Å². The Kier molecular flexibility index (Phi) is 3.58. The lowest BCUT2D eigenvalue weighted by Crippen LogP contribution is -1.89. The molecule has 0 N–H and O–H groups in total. The van der Waals surface area contributed by atoms with E-state index in [0.29, 0.717) is 11.3 Å². The first-order chi connectivity index (χ1) is 9.65. The molecule has 0 spiro atoms. The minimum Gasteiger partial charge on any atom is -0.260 e. The SMILES string of the molecule is Cc1cc(-c2nc(-c3cccnc3F)cs2)c(Br)cn1. The fraction of sp³-hybridized carbons (Fsp3) is 0.0714. The van der Waals surface area contributed by atoms with Crippen LogP contribution >= 0.6 is 27.3 Å². The molecule has 0 saturated heterocycles. The maximum Gasteiger partial charge on any atom is 0.222 e. The van der Waals surface area contributed by atoms with Crippen molar-refractivity contribution in [3.63, 3.8) is 0 Å². The van der Waals surface area contributed by atoms with Crippen molar-refractivity contribution >= 4 is 27.3 Å². The highest BCUT2D eigenvalue weighted by atomic mass is 79.9. The van der Waals surface area contributed by atoms with Gasteiger partial charge in [-0.15, -0.1) is 11.3 Å². The topological polar surface area (TPSA) is 38.7 Å². The summed E-state index contributed by atoms with van der Waals surface area (Å²) >= 11 is 4.93. The summed E-state index contributed by atoms with van der Waals surface area (Å²) in [6.07, 6.45) is 3.17. The molecule has 20 heavy (non-hydrogen) atoms.